The first kappa shape index (κ1) is 11.2. The van der Waals surface area contributed by atoms with Crippen molar-refractivity contribution in [3.63, 3.8) is 0 Å². The lowest BCUT2D eigenvalue weighted by atomic mass is 9.97. The molecule has 0 aromatic rings. The molecule has 0 aliphatic carbocycles. The van der Waals surface area contributed by atoms with Gasteiger partial charge in [0.25, 0.3) is 0 Å². The first-order valence-electron chi connectivity index (χ1n) is 4.60. The van der Waals surface area contributed by atoms with Crippen LogP contribution in [0.3, 0.4) is 0 Å². The summed E-state index contributed by atoms with van der Waals surface area (Å²) in [7, 11) is 1.13. The van der Waals surface area contributed by atoms with Crippen LogP contribution < -0.4 is 0 Å². The van der Waals surface area contributed by atoms with Crippen molar-refractivity contribution in [2.45, 2.75) is 32.6 Å². The SMILES string of the molecule is C=CCC(CC)CCCPC. The third kappa shape index (κ3) is 6.56. The van der Waals surface area contributed by atoms with E-state index in [1.165, 1.54) is 31.8 Å². The fourth-order valence-corrected chi connectivity index (χ4v) is 1.85. The monoisotopic (exact) mass is 172 g/mol. The van der Waals surface area contributed by atoms with E-state index in [1.54, 1.807) is 0 Å². The molecule has 66 valence electrons. The van der Waals surface area contributed by atoms with E-state index in [1.807, 2.05) is 0 Å². The molecular weight excluding hydrogens is 151 g/mol. The Morgan fingerprint density at radius 3 is 2.73 bits per heavy atom. The van der Waals surface area contributed by atoms with E-state index in [0.717, 1.165) is 14.5 Å². The number of hydrogen-bond acceptors (Lipinski definition) is 0. The third-order valence-electron chi connectivity index (χ3n) is 2.12. The summed E-state index contributed by atoms with van der Waals surface area (Å²) < 4.78 is 0. The highest BCUT2D eigenvalue weighted by Gasteiger charge is 2.02. The standard InChI is InChI=1S/C10H21P/c1-4-7-10(5-2)8-6-9-11-3/h4,10-11H,1,5-9H2,2-3H3. The summed E-state index contributed by atoms with van der Waals surface area (Å²) in [5.41, 5.74) is 0. The van der Waals surface area contributed by atoms with E-state index in [-0.39, 0.29) is 0 Å². The van der Waals surface area contributed by atoms with Crippen LogP contribution in [0.5, 0.6) is 0 Å². The molecule has 0 spiro atoms. The highest BCUT2D eigenvalue weighted by Crippen LogP contribution is 2.17. The molecular formula is C10H21P. The summed E-state index contributed by atoms with van der Waals surface area (Å²) in [6.45, 7) is 8.34. The van der Waals surface area contributed by atoms with E-state index in [2.05, 4.69) is 26.2 Å². The van der Waals surface area contributed by atoms with Gasteiger partial charge in [0, 0.05) is 0 Å². The van der Waals surface area contributed by atoms with Crippen LogP contribution in [0.4, 0.5) is 0 Å². The summed E-state index contributed by atoms with van der Waals surface area (Å²) in [5.74, 6) is 0.906. The molecule has 11 heavy (non-hydrogen) atoms. The van der Waals surface area contributed by atoms with Crippen LogP contribution in [-0.4, -0.2) is 12.8 Å². The van der Waals surface area contributed by atoms with Crippen LogP contribution >= 0.6 is 8.58 Å². The molecule has 2 unspecified atom stereocenters. The maximum Gasteiger partial charge on any atom is -0.0325 e. The topological polar surface area (TPSA) is 0 Å². The second-order valence-corrected chi connectivity index (χ2v) is 4.25. The molecule has 0 saturated heterocycles. The lowest BCUT2D eigenvalue weighted by Gasteiger charge is -2.10. The average molecular weight is 172 g/mol. The van der Waals surface area contributed by atoms with Gasteiger partial charge >= 0.3 is 0 Å². The number of hydrogen-bond donors (Lipinski definition) is 0. The van der Waals surface area contributed by atoms with Crippen molar-refractivity contribution in [1.82, 2.24) is 0 Å². The Hall–Kier alpha value is 0.170. The minimum Gasteiger partial charge on any atom is -0.125 e. The third-order valence-corrected chi connectivity index (χ3v) is 2.97. The molecule has 2 atom stereocenters. The van der Waals surface area contributed by atoms with Gasteiger partial charge in [0.15, 0.2) is 0 Å². The van der Waals surface area contributed by atoms with Crippen LogP contribution in [0.25, 0.3) is 0 Å². The summed E-state index contributed by atoms with van der Waals surface area (Å²) in [5, 5.41) is 0. The first-order chi connectivity index (χ1) is 5.35. The number of rotatable bonds is 7. The molecule has 0 amide bonds. The van der Waals surface area contributed by atoms with Gasteiger partial charge in [-0.05, 0) is 38.0 Å². The van der Waals surface area contributed by atoms with Crippen molar-refractivity contribution in [3.05, 3.63) is 12.7 Å². The van der Waals surface area contributed by atoms with Gasteiger partial charge in [0.05, 0.1) is 0 Å². The lowest BCUT2D eigenvalue weighted by molar-refractivity contribution is 0.472. The predicted molar refractivity (Wildman–Crippen MR) is 56.9 cm³/mol. The smallest absolute Gasteiger partial charge is 0.0325 e. The summed E-state index contributed by atoms with van der Waals surface area (Å²) in [6.07, 6.45) is 8.84. The van der Waals surface area contributed by atoms with Crippen LogP contribution in [0.2, 0.25) is 0 Å². The molecule has 0 aromatic heterocycles. The minimum atomic E-state index is 0.906. The quantitative estimate of drug-likeness (QED) is 0.312. The van der Waals surface area contributed by atoms with E-state index < -0.39 is 0 Å². The summed E-state index contributed by atoms with van der Waals surface area (Å²) in [4.78, 5) is 0. The van der Waals surface area contributed by atoms with Gasteiger partial charge in [0.1, 0.15) is 0 Å². The zero-order valence-corrected chi connectivity index (χ0v) is 8.90. The van der Waals surface area contributed by atoms with Crippen LogP contribution in [0, 0.1) is 5.92 Å². The fraction of sp³-hybridized carbons (Fsp3) is 0.800. The Bertz CT molecular complexity index is 88.9. The Morgan fingerprint density at radius 1 is 1.55 bits per heavy atom. The second kappa shape index (κ2) is 8.27. The molecule has 1 heteroatoms. The van der Waals surface area contributed by atoms with Gasteiger partial charge in [-0.1, -0.05) is 19.4 Å². The van der Waals surface area contributed by atoms with Crippen molar-refractivity contribution in [3.8, 4) is 0 Å². The molecule has 0 heterocycles. The van der Waals surface area contributed by atoms with Crippen molar-refractivity contribution in [1.29, 1.82) is 0 Å². The van der Waals surface area contributed by atoms with E-state index in [0.29, 0.717) is 0 Å². The zero-order valence-electron chi connectivity index (χ0n) is 7.90. The van der Waals surface area contributed by atoms with Gasteiger partial charge < -0.3 is 0 Å². The largest absolute Gasteiger partial charge is 0.125 e. The van der Waals surface area contributed by atoms with E-state index >= 15 is 0 Å². The lowest BCUT2D eigenvalue weighted by Crippen LogP contribution is -1.97. The number of allylic oxidation sites excluding steroid dienone is 1. The van der Waals surface area contributed by atoms with Crippen molar-refractivity contribution in [2.24, 2.45) is 5.92 Å². The highest BCUT2D eigenvalue weighted by molar-refractivity contribution is 7.36. The van der Waals surface area contributed by atoms with Crippen molar-refractivity contribution >= 4 is 8.58 Å². The second-order valence-electron chi connectivity index (χ2n) is 3.04. The van der Waals surface area contributed by atoms with Gasteiger partial charge in [-0.2, -0.15) is 0 Å². The van der Waals surface area contributed by atoms with Crippen LogP contribution in [0.15, 0.2) is 12.7 Å². The fourth-order valence-electron chi connectivity index (χ4n) is 1.29. The normalized spacial score (nSPS) is 14.0. The Morgan fingerprint density at radius 2 is 2.27 bits per heavy atom. The summed E-state index contributed by atoms with van der Waals surface area (Å²) in [6, 6.07) is 0. The molecule has 0 radical (unpaired) electrons. The molecule has 0 aromatic carbocycles. The summed E-state index contributed by atoms with van der Waals surface area (Å²) >= 11 is 0. The minimum absolute atomic E-state index is 0.906. The van der Waals surface area contributed by atoms with Crippen LogP contribution in [-0.2, 0) is 0 Å². The van der Waals surface area contributed by atoms with Crippen LogP contribution in [0.1, 0.15) is 32.6 Å². The van der Waals surface area contributed by atoms with Gasteiger partial charge in [-0.3, -0.25) is 0 Å². The Labute approximate surface area is 73.2 Å². The Kier molecular flexibility index (Phi) is 8.40. The van der Waals surface area contributed by atoms with E-state index in [4.69, 9.17) is 0 Å². The zero-order chi connectivity index (χ0) is 8.53. The molecule has 0 nitrogen and oxygen atoms in total. The van der Waals surface area contributed by atoms with E-state index in [9.17, 15) is 0 Å². The van der Waals surface area contributed by atoms with Gasteiger partial charge in [-0.25, -0.2) is 0 Å². The molecule has 0 rings (SSSR count). The molecule has 0 N–H and O–H groups in total. The van der Waals surface area contributed by atoms with Gasteiger partial charge in [0.2, 0.25) is 0 Å². The molecule has 0 bridgehead atoms. The molecule has 0 saturated carbocycles. The molecule has 0 aliphatic heterocycles. The maximum absolute atomic E-state index is 3.78. The van der Waals surface area contributed by atoms with Crippen molar-refractivity contribution in [2.75, 3.05) is 12.8 Å². The first-order valence-corrected chi connectivity index (χ1v) is 6.31. The highest BCUT2D eigenvalue weighted by atomic mass is 31.1. The molecule has 0 fully saturated rings. The predicted octanol–water partition coefficient (Wildman–Crippen LogP) is 3.68. The molecule has 0 aliphatic rings. The van der Waals surface area contributed by atoms with Crippen molar-refractivity contribution < 1.29 is 0 Å². The average Bonchev–Trinajstić information content (AvgIpc) is 2.03. The van der Waals surface area contributed by atoms with Gasteiger partial charge in [-0.15, -0.1) is 15.2 Å². The Balaban J connectivity index is 3.27. The maximum atomic E-state index is 3.78.